The second-order valence-electron chi connectivity index (χ2n) is 7.03. The van der Waals surface area contributed by atoms with E-state index in [0.717, 1.165) is 32.7 Å². The van der Waals surface area contributed by atoms with Crippen LogP contribution in [0.1, 0.15) is 33.1 Å². The molecule has 2 fully saturated rings. The van der Waals surface area contributed by atoms with Crippen LogP contribution >= 0.6 is 0 Å². The van der Waals surface area contributed by atoms with E-state index in [1.54, 1.807) is 0 Å². The van der Waals surface area contributed by atoms with E-state index in [0.29, 0.717) is 13.1 Å². The van der Waals surface area contributed by atoms with Gasteiger partial charge in [-0.3, -0.25) is 14.7 Å². The molecule has 0 aromatic heterocycles. The molecule has 0 aliphatic carbocycles. The van der Waals surface area contributed by atoms with E-state index in [2.05, 4.69) is 23.6 Å². The summed E-state index contributed by atoms with van der Waals surface area (Å²) in [5.74, 6) is 0. The summed E-state index contributed by atoms with van der Waals surface area (Å²) in [7, 11) is 0. The van der Waals surface area contributed by atoms with E-state index < -0.39 is 12.7 Å². The molecule has 0 N–H and O–H groups in total. The Morgan fingerprint density at radius 3 is 1.67 bits per heavy atom. The maximum Gasteiger partial charge on any atom is 0.401 e. The predicted molar refractivity (Wildman–Crippen MR) is 78.4 cm³/mol. The molecule has 2 aliphatic heterocycles. The number of hydrogen-bond donors (Lipinski definition) is 0. The minimum absolute atomic E-state index is 0.118. The topological polar surface area (TPSA) is 9.72 Å². The summed E-state index contributed by atoms with van der Waals surface area (Å²) in [6.07, 6.45) is -0.219. The van der Waals surface area contributed by atoms with E-state index in [1.165, 1.54) is 24.2 Å². The van der Waals surface area contributed by atoms with E-state index in [-0.39, 0.29) is 5.54 Å². The molecule has 2 aliphatic rings. The summed E-state index contributed by atoms with van der Waals surface area (Å²) < 4.78 is 37.2. The van der Waals surface area contributed by atoms with Gasteiger partial charge in [0.2, 0.25) is 0 Å². The first-order valence-corrected chi connectivity index (χ1v) is 8.03. The lowest BCUT2D eigenvalue weighted by Gasteiger charge is -2.45. The Hall–Kier alpha value is -0.330. The molecule has 2 saturated heterocycles. The van der Waals surface area contributed by atoms with Gasteiger partial charge < -0.3 is 0 Å². The van der Waals surface area contributed by atoms with Crippen molar-refractivity contribution < 1.29 is 13.2 Å². The van der Waals surface area contributed by atoms with E-state index in [4.69, 9.17) is 0 Å². The van der Waals surface area contributed by atoms with Crippen molar-refractivity contribution in [1.29, 1.82) is 0 Å². The van der Waals surface area contributed by atoms with Gasteiger partial charge in [-0.05, 0) is 39.8 Å². The lowest BCUT2D eigenvalue weighted by molar-refractivity contribution is -0.149. The zero-order chi connectivity index (χ0) is 15.5. The van der Waals surface area contributed by atoms with Crippen LogP contribution in [0.4, 0.5) is 13.2 Å². The molecular weight excluding hydrogens is 279 g/mol. The van der Waals surface area contributed by atoms with Gasteiger partial charge in [-0.25, -0.2) is 0 Å². The Kier molecular flexibility index (Phi) is 5.54. The van der Waals surface area contributed by atoms with Crippen LogP contribution < -0.4 is 0 Å². The van der Waals surface area contributed by atoms with Crippen LogP contribution in [0.25, 0.3) is 0 Å². The Bertz CT molecular complexity index is 317. The molecule has 3 nitrogen and oxygen atoms in total. The Balaban J connectivity index is 1.77. The number of piperidine rings is 1. The van der Waals surface area contributed by atoms with Gasteiger partial charge in [0.1, 0.15) is 0 Å². The fourth-order valence-corrected chi connectivity index (χ4v) is 3.51. The van der Waals surface area contributed by atoms with Crippen LogP contribution in [0.3, 0.4) is 0 Å². The molecule has 0 saturated carbocycles. The van der Waals surface area contributed by atoms with Gasteiger partial charge in [-0.2, -0.15) is 13.2 Å². The van der Waals surface area contributed by atoms with Gasteiger partial charge in [0.05, 0.1) is 6.54 Å². The molecule has 0 radical (unpaired) electrons. The summed E-state index contributed by atoms with van der Waals surface area (Å²) in [5, 5.41) is 0. The smallest absolute Gasteiger partial charge is 0.299 e. The average Bonchev–Trinajstić information content (AvgIpc) is 2.40. The van der Waals surface area contributed by atoms with Gasteiger partial charge >= 0.3 is 6.18 Å². The number of rotatable bonds is 4. The van der Waals surface area contributed by atoms with Crippen molar-refractivity contribution in [3.05, 3.63) is 0 Å². The maximum absolute atomic E-state index is 12.4. The zero-order valence-electron chi connectivity index (χ0n) is 13.3. The summed E-state index contributed by atoms with van der Waals surface area (Å²) in [6, 6.07) is 0. The van der Waals surface area contributed by atoms with E-state index >= 15 is 0 Å². The molecule has 0 bridgehead atoms. The van der Waals surface area contributed by atoms with Gasteiger partial charge in [0, 0.05) is 38.3 Å². The number of likely N-dealkylation sites (tertiary alicyclic amines) is 1. The predicted octanol–water partition coefficient (Wildman–Crippen LogP) is 2.43. The van der Waals surface area contributed by atoms with E-state index in [1.807, 2.05) is 0 Å². The Morgan fingerprint density at radius 2 is 1.19 bits per heavy atom. The molecule has 0 spiro atoms. The normalized spacial score (nSPS) is 24.4. The second kappa shape index (κ2) is 6.84. The minimum Gasteiger partial charge on any atom is -0.299 e. The molecule has 21 heavy (non-hydrogen) atoms. The maximum atomic E-state index is 12.4. The summed E-state index contributed by atoms with van der Waals surface area (Å²) in [4.78, 5) is 6.38. The number of alkyl halides is 3. The summed E-state index contributed by atoms with van der Waals surface area (Å²) in [5.41, 5.74) is 0.118. The number of halogens is 3. The summed E-state index contributed by atoms with van der Waals surface area (Å²) >= 11 is 0. The number of hydrogen-bond acceptors (Lipinski definition) is 3. The highest BCUT2D eigenvalue weighted by Crippen LogP contribution is 2.23. The van der Waals surface area contributed by atoms with Crippen LogP contribution in [-0.4, -0.2) is 78.8 Å². The number of nitrogens with zero attached hydrogens (tertiary/aromatic N) is 3. The standard InChI is InChI=1S/C15H28F3N3/c1-14(2,21-6-4-3-5-7-21)12-19-8-10-20(11-9-19)13-15(16,17)18/h3-13H2,1-2H3. The van der Waals surface area contributed by atoms with E-state index in [9.17, 15) is 13.2 Å². The molecule has 0 amide bonds. The van der Waals surface area contributed by atoms with Crippen molar-refractivity contribution in [3.63, 3.8) is 0 Å². The number of piperazine rings is 1. The highest BCUT2D eigenvalue weighted by atomic mass is 19.4. The Morgan fingerprint density at radius 1 is 0.714 bits per heavy atom. The first-order chi connectivity index (χ1) is 9.76. The third kappa shape index (κ3) is 5.42. The van der Waals surface area contributed by atoms with Crippen LogP contribution in [0.15, 0.2) is 0 Å². The lowest BCUT2D eigenvalue weighted by atomic mass is 9.97. The second-order valence-corrected chi connectivity index (χ2v) is 7.03. The average molecular weight is 307 g/mol. The quantitative estimate of drug-likeness (QED) is 0.790. The van der Waals surface area contributed by atoms with Crippen molar-refractivity contribution in [3.8, 4) is 0 Å². The van der Waals surface area contributed by atoms with Crippen molar-refractivity contribution in [1.82, 2.24) is 14.7 Å². The highest BCUT2D eigenvalue weighted by molar-refractivity contribution is 4.88. The Labute approximate surface area is 126 Å². The monoisotopic (exact) mass is 307 g/mol. The fourth-order valence-electron chi connectivity index (χ4n) is 3.51. The first-order valence-electron chi connectivity index (χ1n) is 8.03. The van der Waals surface area contributed by atoms with Gasteiger partial charge in [0.15, 0.2) is 0 Å². The third-order valence-electron chi connectivity index (χ3n) is 4.69. The molecule has 0 unspecified atom stereocenters. The molecule has 6 heteroatoms. The van der Waals surface area contributed by atoms with Crippen molar-refractivity contribution >= 4 is 0 Å². The van der Waals surface area contributed by atoms with Crippen LogP contribution in [0.2, 0.25) is 0 Å². The van der Waals surface area contributed by atoms with Crippen molar-refractivity contribution in [2.75, 3.05) is 52.4 Å². The fraction of sp³-hybridized carbons (Fsp3) is 1.00. The summed E-state index contributed by atoms with van der Waals surface area (Å²) in [6.45, 7) is 9.55. The minimum atomic E-state index is -4.07. The molecule has 0 atom stereocenters. The molecule has 0 aromatic carbocycles. The van der Waals surface area contributed by atoms with Crippen molar-refractivity contribution in [2.45, 2.75) is 44.8 Å². The molecule has 2 heterocycles. The highest BCUT2D eigenvalue weighted by Gasteiger charge is 2.34. The van der Waals surface area contributed by atoms with Gasteiger partial charge in [-0.15, -0.1) is 0 Å². The molecular formula is C15H28F3N3. The van der Waals surface area contributed by atoms with Crippen molar-refractivity contribution in [2.24, 2.45) is 0 Å². The van der Waals surface area contributed by atoms with Crippen LogP contribution in [0, 0.1) is 0 Å². The molecule has 0 aromatic rings. The molecule has 2 rings (SSSR count). The van der Waals surface area contributed by atoms with Crippen LogP contribution in [0.5, 0.6) is 0 Å². The van der Waals surface area contributed by atoms with Gasteiger partial charge in [0.25, 0.3) is 0 Å². The van der Waals surface area contributed by atoms with Crippen LogP contribution in [-0.2, 0) is 0 Å². The SMILES string of the molecule is CC(C)(CN1CCN(CC(F)(F)F)CC1)N1CCCCC1. The first kappa shape index (κ1) is 17.0. The molecule has 124 valence electrons. The lowest BCUT2D eigenvalue weighted by Crippen LogP contribution is -2.57. The third-order valence-corrected chi connectivity index (χ3v) is 4.69. The zero-order valence-corrected chi connectivity index (χ0v) is 13.3. The van der Waals surface area contributed by atoms with Gasteiger partial charge in [-0.1, -0.05) is 6.42 Å². The largest absolute Gasteiger partial charge is 0.401 e.